The molecule has 1 aromatic heterocycles. The number of hydrogen-bond donors (Lipinski definition) is 0. The van der Waals surface area contributed by atoms with Crippen LogP contribution in [0.25, 0.3) is 10.9 Å². The van der Waals surface area contributed by atoms with E-state index in [0.29, 0.717) is 5.56 Å². The summed E-state index contributed by atoms with van der Waals surface area (Å²) < 4.78 is 0. The van der Waals surface area contributed by atoms with Crippen molar-refractivity contribution in [3.05, 3.63) is 66.0 Å². The van der Waals surface area contributed by atoms with E-state index in [9.17, 15) is 0 Å². The molecule has 0 bridgehead atoms. The number of rotatable bonds is 5. The van der Waals surface area contributed by atoms with Crippen molar-refractivity contribution < 1.29 is 0 Å². The predicted molar refractivity (Wildman–Crippen MR) is 92.0 cm³/mol. The highest BCUT2D eigenvalue weighted by molar-refractivity contribution is 5.89. The van der Waals surface area contributed by atoms with Crippen molar-refractivity contribution in [3.63, 3.8) is 0 Å². The van der Waals surface area contributed by atoms with Gasteiger partial charge in [-0.3, -0.25) is 0 Å². The Morgan fingerprint density at radius 1 is 1.04 bits per heavy atom. The van der Waals surface area contributed by atoms with Gasteiger partial charge in [0.05, 0.1) is 17.1 Å². The second-order valence-corrected chi connectivity index (χ2v) is 5.44. The molecule has 1 heterocycles. The number of hydrogen-bond acceptors (Lipinski definition) is 4. The van der Waals surface area contributed by atoms with Crippen LogP contribution in [0.1, 0.15) is 24.5 Å². The maximum Gasteiger partial charge on any atom is 0.140 e. The van der Waals surface area contributed by atoms with Crippen LogP contribution in [0.3, 0.4) is 0 Å². The molecule has 3 aromatic rings. The molecule has 0 saturated heterocycles. The average Bonchev–Trinajstić information content (AvgIpc) is 2.61. The maximum absolute atomic E-state index is 8.91. The molecule has 0 unspecified atom stereocenters. The number of nitrogens with zero attached hydrogens (tertiary/aromatic N) is 4. The van der Waals surface area contributed by atoms with Crippen molar-refractivity contribution in [2.45, 2.75) is 19.9 Å². The standard InChI is InChI=1S/C19H18N4/c1-2-11-23(13-16-9-7-15(12-20)8-10-16)19-17-5-3-4-6-18(17)21-14-22-19/h3-10,14H,2,11,13H2,1H3. The summed E-state index contributed by atoms with van der Waals surface area (Å²) in [5, 5.41) is 9.98. The summed E-state index contributed by atoms with van der Waals surface area (Å²) in [4.78, 5) is 11.1. The van der Waals surface area contributed by atoms with Gasteiger partial charge < -0.3 is 4.90 Å². The molecule has 0 aliphatic carbocycles. The Morgan fingerprint density at radius 3 is 2.57 bits per heavy atom. The van der Waals surface area contributed by atoms with Crippen molar-refractivity contribution in [1.82, 2.24) is 9.97 Å². The normalized spacial score (nSPS) is 10.4. The highest BCUT2D eigenvalue weighted by Crippen LogP contribution is 2.24. The first-order chi connectivity index (χ1) is 11.3. The van der Waals surface area contributed by atoms with Gasteiger partial charge in [0.2, 0.25) is 0 Å². The molecule has 4 heteroatoms. The van der Waals surface area contributed by atoms with E-state index >= 15 is 0 Å². The first-order valence-corrected chi connectivity index (χ1v) is 7.75. The lowest BCUT2D eigenvalue weighted by Gasteiger charge is -2.24. The monoisotopic (exact) mass is 302 g/mol. The number of fused-ring (bicyclic) bond motifs is 1. The highest BCUT2D eigenvalue weighted by atomic mass is 15.2. The van der Waals surface area contributed by atoms with Crippen LogP contribution >= 0.6 is 0 Å². The fourth-order valence-corrected chi connectivity index (χ4v) is 2.68. The zero-order valence-electron chi connectivity index (χ0n) is 13.1. The summed E-state index contributed by atoms with van der Waals surface area (Å²) in [6.07, 6.45) is 2.66. The summed E-state index contributed by atoms with van der Waals surface area (Å²) in [6.45, 7) is 3.84. The molecule has 114 valence electrons. The molecule has 0 atom stereocenters. The van der Waals surface area contributed by atoms with Gasteiger partial charge in [0.1, 0.15) is 12.1 Å². The molecular weight excluding hydrogens is 284 g/mol. The van der Waals surface area contributed by atoms with Crippen LogP contribution < -0.4 is 4.90 Å². The third-order valence-corrected chi connectivity index (χ3v) is 3.77. The predicted octanol–water partition coefficient (Wildman–Crippen LogP) is 3.92. The number of para-hydroxylation sites is 1. The van der Waals surface area contributed by atoms with Gasteiger partial charge in [-0.15, -0.1) is 0 Å². The van der Waals surface area contributed by atoms with Crippen LogP contribution in [0.2, 0.25) is 0 Å². The summed E-state index contributed by atoms with van der Waals surface area (Å²) in [6, 6.07) is 18.0. The van der Waals surface area contributed by atoms with Crippen LogP contribution in [0, 0.1) is 11.3 Å². The van der Waals surface area contributed by atoms with Crippen LogP contribution in [0.4, 0.5) is 5.82 Å². The van der Waals surface area contributed by atoms with Crippen molar-refractivity contribution in [2.75, 3.05) is 11.4 Å². The molecule has 0 amide bonds. The van der Waals surface area contributed by atoms with E-state index in [0.717, 1.165) is 36.2 Å². The topological polar surface area (TPSA) is 52.8 Å². The fraction of sp³-hybridized carbons (Fsp3) is 0.211. The molecule has 3 rings (SSSR count). The van der Waals surface area contributed by atoms with Gasteiger partial charge in [-0.1, -0.05) is 31.2 Å². The Balaban J connectivity index is 1.95. The van der Waals surface area contributed by atoms with Crippen LogP contribution in [0.5, 0.6) is 0 Å². The third kappa shape index (κ3) is 3.29. The Bertz CT molecular complexity index is 829. The lowest BCUT2D eigenvalue weighted by atomic mass is 10.1. The van der Waals surface area contributed by atoms with E-state index < -0.39 is 0 Å². The lowest BCUT2D eigenvalue weighted by Crippen LogP contribution is -2.24. The molecule has 23 heavy (non-hydrogen) atoms. The van der Waals surface area contributed by atoms with Crippen molar-refractivity contribution in [3.8, 4) is 6.07 Å². The van der Waals surface area contributed by atoms with Crippen molar-refractivity contribution in [1.29, 1.82) is 5.26 Å². The Labute approximate surface area is 136 Å². The molecule has 0 spiro atoms. The summed E-state index contributed by atoms with van der Waals surface area (Å²) in [5.74, 6) is 0.960. The van der Waals surface area contributed by atoms with Gasteiger partial charge in [-0.2, -0.15) is 5.26 Å². The first kappa shape index (κ1) is 15.0. The highest BCUT2D eigenvalue weighted by Gasteiger charge is 2.12. The Morgan fingerprint density at radius 2 is 1.83 bits per heavy atom. The van der Waals surface area contributed by atoms with Gasteiger partial charge >= 0.3 is 0 Å². The fourth-order valence-electron chi connectivity index (χ4n) is 2.68. The summed E-state index contributed by atoms with van der Waals surface area (Å²) in [7, 11) is 0. The molecule has 0 aliphatic rings. The minimum Gasteiger partial charge on any atom is -0.352 e. The molecule has 2 aromatic carbocycles. The second-order valence-electron chi connectivity index (χ2n) is 5.44. The first-order valence-electron chi connectivity index (χ1n) is 7.75. The zero-order valence-corrected chi connectivity index (χ0v) is 13.1. The van der Waals surface area contributed by atoms with Gasteiger partial charge in [0, 0.05) is 18.5 Å². The number of benzene rings is 2. The van der Waals surface area contributed by atoms with Gasteiger partial charge in [0.15, 0.2) is 0 Å². The van der Waals surface area contributed by atoms with Crippen LogP contribution in [-0.2, 0) is 6.54 Å². The number of aromatic nitrogens is 2. The molecular formula is C19H18N4. The van der Waals surface area contributed by atoms with Crippen molar-refractivity contribution >= 4 is 16.7 Å². The molecule has 0 radical (unpaired) electrons. The quantitative estimate of drug-likeness (QED) is 0.717. The largest absolute Gasteiger partial charge is 0.352 e. The van der Waals surface area contributed by atoms with Gasteiger partial charge in [-0.05, 0) is 36.2 Å². The number of nitriles is 1. The molecule has 4 nitrogen and oxygen atoms in total. The van der Waals surface area contributed by atoms with E-state index in [-0.39, 0.29) is 0 Å². The summed E-state index contributed by atoms with van der Waals surface area (Å²) in [5.41, 5.74) is 2.81. The lowest BCUT2D eigenvalue weighted by molar-refractivity contribution is 0.757. The van der Waals surface area contributed by atoms with Gasteiger partial charge in [0.25, 0.3) is 0 Å². The van der Waals surface area contributed by atoms with E-state index in [2.05, 4.69) is 33.9 Å². The van der Waals surface area contributed by atoms with Crippen LogP contribution in [-0.4, -0.2) is 16.5 Å². The van der Waals surface area contributed by atoms with Crippen molar-refractivity contribution in [2.24, 2.45) is 0 Å². The smallest absolute Gasteiger partial charge is 0.140 e. The second kappa shape index (κ2) is 6.89. The summed E-state index contributed by atoms with van der Waals surface area (Å²) >= 11 is 0. The Kier molecular flexibility index (Phi) is 4.49. The van der Waals surface area contributed by atoms with Crippen LogP contribution in [0.15, 0.2) is 54.9 Å². The molecule has 0 N–H and O–H groups in total. The number of anilines is 1. The van der Waals surface area contributed by atoms with E-state index in [1.165, 1.54) is 5.56 Å². The van der Waals surface area contributed by atoms with Gasteiger partial charge in [-0.25, -0.2) is 9.97 Å². The average molecular weight is 302 g/mol. The van der Waals surface area contributed by atoms with E-state index in [1.54, 1.807) is 6.33 Å². The maximum atomic E-state index is 8.91. The molecule has 0 aliphatic heterocycles. The molecule has 0 fully saturated rings. The molecule has 0 saturated carbocycles. The van der Waals surface area contributed by atoms with E-state index in [4.69, 9.17) is 5.26 Å². The minimum absolute atomic E-state index is 0.684. The zero-order chi connectivity index (χ0) is 16.1. The third-order valence-electron chi connectivity index (χ3n) is 3.77. The van der Waals surface area contributed by atoms with E-state index in [1.807, 2.05) is 42.5 Å². The SMILES string of the molecule is CCCN(Cc1ccc(C#N)cc1)c1ncnc2ccccc12. The minimum atomic E-state index is 0.684. The Hall–Kier alpha value is -2.93.